The topological polar surface area (TPSA) is 66.5 Å². The summed E-state index contributed by atoms with van der Waals surface area (Å²) in [7, 11) is 0. The van der Waals surface area contributed by atoms with Crippen LogP contribution in [0.2, 0.25) is 0 Å². The smallest absolute Gasteiger partial charge is 0.249 e. The van der Waals surface area contributed by atoms with Gasteiger partial charge in [-0.25, -0.2) is 0 Å². The van der Waals surface area contributed by atoms with Gasteiger partial charge < -0.3 is 4.90 Å². The van der Waals surface area contributed by atoms with E-state index >= 15 is 0 Å². The molecule has 90 valence electrons. The van der Waals surface area contributed by atoms with Crippen LogP contribution >= 0.6 is 0 Å². The predicted molar refractivity (Wildman–Crippen MR) is 60.8 cm³/mol. The standard InChI is InChI=1S/C12H14N2O3/c1-2-3-8-6-11(16)14(7-8)9-4-5-10(15)13-12(9)17/h2-3,9H,1,4-7H2,(H,13,15,17)/b8-3+. The fraction of sp³-hybridized carbons (Fsp3) is 0.417. The molecule has 2 aliphatic heterocycles. The Hall–Kier alpha value is -1.91. The first-order valence-electron chi connectivity index (χ1n) is 5.55. The summed E-state index contributed by atoms with van der Waals surface area (Å²) in [5.41, 5.74) is 0.953. The summed E-state index contributed by atoms with van der Waals surface area (Å²) in [5.74, 6) is -0.693. The van der Waals surface area contributed by atoms with E-state index in [0.29, 0.717) is 25.8 Å². The van der Waals surface area contributed by atoms with E-state index in [1.54, 1.807) is 12.2 Å². The number of piperidine rings is 1. The van der Waals surface area contributed by atoms with E-state index < -0.39 is 6.04 Å². The van der Waals surface area contributed by atoms with E-state index in [0.717, 1.165) is 5.57 Å². The molecule has 1 unspecified atom stereocenters. The van der Waals surface area contributed by atoms with E-state index in [9.17, 15) is 14.4 Å². The maximum Gasteiger partial charge on any atom is 0.249 e. The number of hydrogen-bond donors (Lipinski definition) is 1. The Bertz CT molecular complexity index is 425. The van der Waals surface area contributed by atoms with Crippen molar-refractivity contribution < 1.29 is 14.4 Å². The molecule has 0 aromatic carbocycles. The van der Waals surface area contributed by atoms with Crippen LogP contribution in [0.4, 0.5) is 0 Å². The molecule has 1 N–H and O–H groups in total. The lowest BCUT2D eigenvalue weighted by atomic mass is 10.0. The van der Waals surface area contributed by atoms with E-state index in [1.165, 1.54) is 4.90 Å². The lowest BCUT2D eigenvalue weighted by molar-refractivity contribution is -0.143. The maximum atomic E-state index is 11.8. The van der Waals surface area contributed by atoms with Crippen LogP contribution in [-0.4, -0.2) is 35.2 Å². The molecule has 2 saturated heterocycles. The number of allylic oxidation sites excluding steroid dienone is 2. The minimum Gasteiger partial charge on any atom is -0.326 e. The average Bonchev–Trinajstić information content (AvgIpc) is 2.60. The molecule has 0 aromatic rings. The molecule has 5 nitrogen and oxygen atoms in total. The molecule has 0 radical (unpaired) electrons. The summed E-state index contributed by atoms with van der Waals surface area (Å²) < 4.78 is 0. The van der Waals surface area contributed by atoms with E-state index in [4.69, 9.17) is 0 Å². The molecule has 2 aliphatic rings. The molecular weight excluding hydrogens is 220 g/mol. The summed E-state index contributed by atoms with van der Waals surface area (Å²) in [4.78, 5) is 36.0. The second kappa shape index (κ2) is 4.53. The highest BCUT2D eigenvalue weighted by atomic mass is 16.2. The Morgan fingerprint density at radius 2 is 2.12 bits per heavy atom. The van der Waals surface area contributed by atoms with Crippen molar-refractivity contribution in [1.82, 2.24) is 10.2 Å². The van der Waals surface area contributed by atoms with Gasteiger partial charge in [-0.05, 0) is 12.0 Å². The number of likely N-dealkylation sites (tertiary alicyclic amines) is 1. The van der Waals surface area contributed by atoms with Crippen LogP contribution in [0.15, 0.2) is 24.3 Å². The van der Waals surface area contributed by atoms with Crippen LogP contribution in [0.25, 0.3) is 0 Å². The summed E-state index contributed by atoms with van der Waals surface area (Å²) in [5, 5.41) is 2.26. The fourth-order valence-electron chi connectivity index (χ4n) is 2.20. The number of carbonyl (C=O) groups excluding carboxylic acids is 3. The van der Waals surface area contributed by atoms with Gasteiger partial charge in [0.05, 0.1) is 0 Å². The summed E-state index contributed by atoms with van der Waals surface area (Å²) in [6, 6.07) is -0.504. The van der Waals surface area contributed by atoms with Crippen LogP contribution in [0, 0.1) is 0 Å². The van der Waals surface area contributed by atoms with Crippen LogP contribution in [0.3, 0.4) is 0 Å². The van der Waals surface area contributed by atoms with Crippen molar-refractivity contribution in [1.29, 1.82) is 0 Å². The summed E-state index contributed by atoms with van der Waals surface area (Å²) in [6.45, 7) is 4.04. The van der Waals surface area contributed by atoms with Gasteiger partial charge >= 0.3 is 0 Å². The zero-order valence-electron chi connectivity index (χ0n) is 9.44. The molecule has 2 heterocycles. The number of imide groups is 1. The van der Waals surface area contributed by atoms with Crippen molar-refractivity contribution in [2.45, 2.75) is 25.3 Å². The van der Waals surface area contributed by atoms with Crippen LogP contribution < -0.4 is 5.32 Å². The summed E-state index contributed by atoms with van der Waals surface area (Å²) in [6.07, 6.45) is 4.47. The zero-order chi connectivity index (χ0) is 12.4. The molecule has 2 fully saturated rings. The van der Waals surface area contributed by atoms with Crippen LogP contribution in [0.5, 0.6) is 0 Å². The predicted octanol–water partition coefficient (Wildman–Crippen LogP) is 0.136. The maximum absolute atomic E-state index is 11.8. The third kappa shape index (κ3) is 2.27. The second-order valence-corrected chi connectivity index (χ2v) is 4.23. The molecule has 3 amide bonds. The van der Waals surface area contributed by atoms with E-state index in [2.05, 4.69) is 11.9 Å². The van der Waals surface area contributed by atoms with E-state index in [-0.39, 0.29) is 17.7 Å². The molecular formula is C12H14N2O3. The first-order valence-corrected chi connectivity index (χ1v) is 5.55. The number of nitrogens with zero attached hydrogens (tertiary/aromatic N) is 1. The Labute approximate surface area is 99.2 Å². The van der Waals surface area contributed by atoms with Crippen molar-refractivity contribution in [3.63, 3.8) is 0 Å². The van der Waals surface area contributed by atoms with Crippen molar-refractivity contribution in [3.05, 3.63) is 24.3 Å². The van der Waals surface area contributed by atoms with Gasteiger partial charge in [-0.1, -0.05) is 18.7 Å². The highest BCUT2D eigenvalue weighted by Gasteiger charge is 2.37. The Morgan fingerprint density at radius 1 is 1.35 bits per heavy atom. The Morgan fingerprint density at radius 3 is 2.76 bits per heavy atom. The highest BCUT2D eigenvalue weighted by Crippen LogP contribution is 2.23. The molecule has 0 aliphatic carbocycles. The number of amides is 3. The molecule has 0 bridgehead atoms. The first-order chi connectivity index (χ1) is 8.11. The van der Waals surface area contributed by atoms with Gasteiger partial charge in [0, 0.05) is 19.4 Å². The molecule has 17 heavy (non-hydrogen) atoms. The van der Waals surface area contributed by atoms with Gasteiger partial charge in [-0.15, -0.1) is 0 Å². The second-order valence-electron chi connectivity index (χ2n) is 4.23. The van der Waals surface area contributed by atoms with Crippen molar-refractivity contribution in [3.8, 4) is 0 Å². The van der Waals surface area contributed by atoms with Gasteiger partial charge in [0.2, 0.25) is 17.7 Å². The van der Waals surface area contributed by atoms with Gasteiger partial charge in [0.25, 0.3) is 0 Å². The van der Waals surface area contributed by atoms with Crippen LogP contribution in [-0.2, 0) is 14.4 Å². The van der Waals surface area contributed by atoms with Gasteiger partial charge in [0.15, 0.2) is 0 Å². The minimum atomic E-state index is -0.504. The molecule has 0 saturated carbocycles. The summed E-state index contributed by atoms with van der Waals surface area (Å²) >= 11 is 0. The zero-order valence-corrected chi connectivity index (χ0v) is 9.44. The van der Waals surface area contributed by atoms with Gasteiger partial charge in [-0.2, -0.15) is 0 Å². The number of hydrogen-bond acceptors (Lipinski definition) is 3. The molecule has 1 atom stereocenters. The largest absolute Gasteiger partial charge is 0.326 e. The number of rotatable bonds is 2. The van der Waals surface area contributed by atoms with Crippen LogP contribution in [0.1, 0.15) is 19.3 Å². The van der Waals surface area contributed by atoms with Gasteiger partial charge in [-0.3, -0.25) is 19.7 Å². The SMILES string of the molecule is C=C/C=C1\CC(=O)N(C2CCC(=O)NC2=O)C1. The van der Waals surface area contributed by atoms with E-state index in [1.807, 2.05) is 0 Å². The molecule has 0 aromatic heterocycles. The molecule has 5 heteroatoms. The third-order valence-corrected chi connectivity index (χ3v) is 3.01. The van der Waals surface area contributed by atoms with Crippen molar-refractivity contribution >= 4 is 17.7 Å². The average molecular weight is 234 g/mol. The van der Waals surface area contributed by atoms with Crippen molar-refractivity contribution in [2.75, 3.05) is 6.54 Å². The lowest BCUT2D eigenvalue weighted by Gasteiger charge is -2.29. The monoisotopic (exact) mass is 234 g/mol. The third-order valence-electron chi connectivity index (χ3n) is 3.01. The quantitative estimate of drug-likeness (QED) is 0.691. The minimum absolute atomic E-state index is 0.0624. The van der Waals surface area contributed by atoms with Gasteiger partial charge in [0.1, 0.15) is 6.04 Å². The highest BCUT2D eigenvalue weighted by molar-refractivity contribution is 6.02. The molecule has 0 spiro atoms. The number of nitrogens with one attached hydrogen (secondary N) is 1. The lowest BCUT2D eigenvalue weighted by Crippen LogP contribution is -2.52. The van der Waals surface area contributed by atoms with Crippen molar-refractivity contribution in [2.24, 2.45) is 0 Å². The number of carbonyl (C=O) groups is 3. The normalized spacial score (nSPS) is 27.5. The molecule has 2 rings (SSSR count). The Balaban J connectivity index is 2.10. The first kappa shape index (κ1) is 11.6. The fourth-order valence-corrected chi connectivity index (χ4v) is 2.20. The Kier molecular flexibility index (Phi) is 3.08.